The summed E-state index contributed by atoms with van der Waals surface area (Å²) in [6.45, 7) is 0.624. The lowest BCUT2D eigenvalue weighted by molar-refractivity contribution is -0.143. The van der Waals surface area contributed by atoms with Crippen molar-refractivity contribution in [3.05, 3.63) is 28.5 Å². The Morgan fingerprint density at radius 1 is 1.62 bits per heavy atom. The van der Waals surface area contributed by atoms with Gasteiger partial charge in [-0.3, -0.25) is 10.1 Å². The molecule has 1 atom stereocenters. The number of ether oxygens (including phenoxy) is 1. The summed E-state index contributed by atoms with van der Waals surface area (Å²) in [6, 6.07) is 3.36. The fourth-order valence-corrected chi connectivity index (χ4v) is 1.81. The third kappa shape index (κ3) is 2.64. The first-order chi connectivity index (χ1) is 7.20. The number of carbonyl (C=O) groups is 1. The van der Waals surface area contributed by atoms with Gasteiger partial charge >= 0.3 is 5.97 Å². The highest BCUT2D eigenvalue weighted by atomic mass is 35.5. The van der Waals surface area contributed by atoms with Gasteiger partial charge in [-0.1, -0.05) is 17.7 Å². The zero-order valence-electron chi connectivity index (χ0n) is 8.70. The number of hydrogen-bond donors (Lipinski definition) is 1. The van der Waals surface area contributed by atoms with E-state index in [1.165, 1.54) is 7.11 Å². The van der Waals surface area contributed by atoms with E-state index in [0.717, 1.165) is 11.3 Å². The van der Waals surface area contributed by atoms with Crippen molar-refractivity contribution < 1.29 is 9.53 Å². The summed E-state index contributed by atoms with van der Waals surface area (Å²) in [6.07, 6.45) is 0.530. The van der Waals surface area contributed by atoms with Crippen LogP contribution in [-0.2, 0) is 22.5 Å². The van der Waals surface area contributed by atoms with Gasteiger partial charge in [0, 0.05) is 18.7 Å². The lowest BCUT2D eigenvalue weighted by atomic mass is 10.0. The summed E-state index contributed by atoms with van der Waals surface area (Å²) in [4.78, 5) is 15.5. The van der Waals surface area contributed by atoms with Gasteiger partial charge in [0.05, 0.1) is 7.11 Å². The minimum absolute atomic E-state index is 0. The normalized spacial score (nSPS) is 18.2. The SMILES string of the molecule is COC(=O)C1Cc2nc(Cl)ccc2CN1.Cl. The highest BCUT2D eigenvalue weighted by Gasteiger charge is 2.25. The summed E-state index contributed by atoms with van der Waals surface area (Å²) in [7, 11) is 1.38. The largest absolute Gasteiger partial charge is 0.468 e. The van der Waals surface area contributed by atoms with E-state index in [4.69, 9.17) is 11.6 Å². The van der Waals surface area contributed by atoms with Gasteiger partial charge in [-0.05, 0) is 11.6 Å². The predicted molar refractivity (Wildman–Crippen MR) is 62.8 cm³/mol. The van der Waals surface area contributed by atoms with E-state index in [0.29, 0.717) is 18.1 Å². The Hall–Kier alpha value is -0.840. The van der Waals surface area contributed by atoms with Crippen molar-refractivity contribution in [2.24, 2.45) is 0 Å². The number of fused-ring (bicyclic) bond motifs is 1. The molecule has 0 bridgehead atoms. The van der Waals surface area contributed by atoms with Crippen molar-refractivity contribution in [3.63, 3.8) is 0 Å². The highest BCUT2D eigenvalue weighted by Crippen LogP contribution is 2.17. The molecule has 1 aromatic heterocycles. The van der Waals surface area contributed by atoms with E-state index in [9.17, 15) is 4.79 Å². The van der Waals surface area contributed by atoms with Crippen molar-refractivity contribution in [3.8, 4) is 0 Å². The number of pyridine rings is 1. The Labute approximate surface area is 105 Å². The molecule has 0 amide bonds. The molecule has 1 aliphatic heterocycles. The molecule has 1 unspecified atom stereocenters. The molecule has 2 heterocycles. The molecule has 4 nitrogen and oxygen atoms in total. The maximum Gasteiger partial charge on any atom is 0.323 e. The van der Waals surface area contributed by atoms with E-state index in [1.54, 1.807) is 6.07 Å². The Balaban J connectivity index is 0.00000128. The van der Waals surface area contributed by atoms with Crippen LogP contribution in [0.3, 0.4) is 0 Å². The molecule has 16 heavy (non-hydrogen) atoms. The number of aromatic nitrogens is 1. The smallest absolute Gasteiger partial charge is 0.323 e. The first-order valence-electron chi connectivity index (χ1n) is 4.66. The molecule has 0 radical (unpaired) electrons. The lowest BCUT2D eigenvalue weighted by Gasteiger charge is -2.23. The number of rotatable bonds is 1. The van der Waals surface area contributed by atoms with Crippen molar-refractivity contribution >= 4 is 30.0 Å². The number of nitrogens with zero attached hydrogens (tertiary/aromatic N) is 1. The fourth-order valence-electron chi connectivity index (χ4n) is 1.65. The van der Waals surface area contributed by atoms with Crippen molar-refractivity contribution in [2.45, 2.75) is 19.0 Å². The van der Waals surface area contributed by atoms with Crippen LogP contribution in [0.4, 0.5) is 0 Å². The molecule has 0 aliphatic carbocycles. The Kier molecular flexibility index (Phi) is 4.53. The van der Waals surface area contributed by atoms with Crippen LogP contribution in [0.5, 0.6) is 0 Å². The zero-order chi connectivity index (χ0) is 10.8. The third-order valence-corrected chi connectivity index (χ3v) is 2.67. The molecule has 0 saturated carbocycles. The molecule has 1 N–H and O–H groups in total. The quantitative estimate of drug-likeness (QED) is 0.613. The second kappa shape index (κ2) is 5.48. The van der Waals surface area contributed by atoms with Crippen LogP contribution in [0.15, 0.2) is 12.1 Å². The third-order valence-electron chi connectivity index (χ3n) is 2.46. The molecule has 0 aromatic carbocycles. The Bertz CT molecular complexity index is 398. The van der Waals surface area contributed by atoms with E-state index >= 15 is 0 Å². The number of hydrogen-bond acceptors (Lipinski definition) is 4. The van der Waals surface area contributed by atoms with Gasteiger partial charge in [0.15, 0.2) is 0 Å². The van der Waals surface area contributed by atoms with Crippen LogP contribution in [0.2, 0.25) is 5.15 Å². The van der Waals surface area contributed by atoms with E-state index in [1.807, 2.05) is 6.07 Å². The van der Waals surface area contributed by atoms with Gasteiger partial charge in [0.2, 0.25) is 0 Å². The summed E-state index contributed by atoms with van der Waals surface area (Å²) >= 11 is 5.79. The van der Waals surface area contributed by atoms with Gasteiger partial charge in [0.25, 0.3) is 0 Å². The average molecular weight is 263 g/mol. The number of nitrogens with one attached hydrogen (secondary N) is 1. The average Bonchev–Trinajstić information content (AvgIpc) is 2.27. The minimum Gasteiger partial charge on any atom is -0.468 e. The zero-order valence-corrected chi connectivity index (χ0v) is 10.3. The molecular formula is C10H12Cl2N2O2. The Morgan fingerprint density at radius 3 is 3.06 bits per heavy atom. The maximum absolute atomic E-state index is 11.3. The monoisotopic (exact) mass is 262 g/mol. The summed E-state index contributed by atoms with van der Waals surface area (Å²) in [5, 5.41) is 3.55. The number of carbonyl (C=O) groups excluding carboxylic acids is 1. The minimum atomic E-state index is -0.312. The first-order valence-corrected chi connectivity index (χ1v) is 5.04. The summed E-state index contributed by atoms with van der Waals surface area (Å²) in [5.74, 6) is -0.262. The molecule has 6 heteroatoms. The van der Waals surface area contributed by atoms with Crippen LogP contribution in [-0.4, -0.2) is 24.1 Å². The molecule has 0 spiro atoms. The van der Waals surface area contributed by atoms with Crippen molar-refractivity contribution in [2.75, 3.05) is 7.11 Å². The number of esters is 1. The molecule has 0 saturated heterocycles. The molecule has 0 fully saturated rings. The summed E-state index contributed by atoms with van der Waals surface area (Å²) in [5.41, 5.74) is 1.95. The van der Waals surface area contributed by atoms with E-state index in [2.05, 4.69) is 15.0 Å². The molecule has 2 rings (SSSR count). The highest BCUT2D eigenvalue weighted by molar-refractivity contribution is 6.29. The first kappa shape index (κ1) is 13.2. The predicted octanol–water partition coefficient (Wildman–Crippen LogP) is 1.34. The van der Waals surface area contributed by atoms with Crippen LogP contribution in [0.1, 0.15) is 11.3 Å². The second-order valence-electron chi connectivity index (χ2n) is 3.40. The topological polar surface area (TPSA) is 51.2 Å². The molecule has 1 aromatic rings. The van der Waals surface area contributed by atoms with Crippen LogP contribution < -0.4 is 5.32 Å². The Morgan fingerprint density at radius 2 is 2.38 bits per heavy atom. The lowest BCUT2D eigenvalue weighted by Crippen LogP contribution is -2.42. The second-order valence-corrected chi connectivity index (χ2v) is 3.79. The fraction of sp³-hybridized carbons (Fsp3) is 0.400. The van der Waals surface area contributed by atoms with Gasteiger partial charge < -0.3 is 4.74 Å². The maximum atomic E-state index is 11.3. The van der Waals surface area contributed by atoms with Gasteiger partial charge in [-0.15, -0.1) is 12.4 Å². The van der Waals surface area contributed by atoms with Crippen molar-refractivity contribution in [1.82, 2.24) is 10.3 Å². The van der Waals surface area contributed by atoms with E-state index < -0.39 is 0 Å². The van der Waals surface area contributed by atoms with Crippen LogP contribution >= 0.6 is 24.0 Å². The molecule has 1 aliphatic rings. The van der Waals surface area contributed by atoms with Gasteiger partial charge in [-0.2, -0.15) is 0 Å². The van der Waals surface area contributed by atoms with E-state index in [-0.39, 0.29) is 24.4 Å². The van der Waals surface area contributed by atoms with Crippen LogP contribution in [0, 0.1) is 0 Å². The van der Waals surface area contributed by atoms with Gasteiger partial charge in [-0.25, -0.2) is 4.98 Å². The molecule has 88 valence electrons. The number of methoxy groups -OCH3 is 1. The van der Waals surface area contributed by atoms with Crippen molar-refractivity contribution in [1.29, 1.82) is 0 Å². The molecular weight excluding hydrogens is 251 g/mol. The number of halogens is 2. The standard InChI is InChI=1S/C10H11ClN2O2.ClH/c1-15-10(14)8-4-7-6(5-12-8)2-3-9(11)13-7;/h2-3,8,12H,4-5H2,1H3;1H. The van der Waals surface area contributed by atoms with Gasteiger partial charge in [0.1, 0.15) is 11.2 Å². The van der Waals surface area contributed by atoms with Crippen LogP contribution in [0.25, 0.3) is 0 Å². The summed E-state index contributed by atoms with van der Waals surface area (Å²) < 4.78 is 4.67.